The number of hydrogen-bond acceptors (Lipinski definition) is 6. The van der Waals surface area contributed by atoms with Gasteiger partial charge in [0.05, 0.1) is 4.90 Å². The normalized spacial score (nSPS) is 12.2. The van der Waals surface area contributed by atoms with Crippen LogP contribution in [0.5, 0.6) is 0 Å². The molecule has 2 aromatic rings. The Labute approximate surface area is 146 Å². The molecule has 0 spiro atoms. The van der Waals surface area contributed by atoms with Crippen molar-refractivity contribution >= 4 is 43.6 Å². The van der Waals surface area contributed by atoms with Gasteiger partial charge in [-0.2, -0.15) is 0 Å². The molecule has 23 heavy (non-hydrogen) atoms. The zero-order valence-electron chi connectivity index (χ0n) is 12.5. The van der Waals surface area contributed by atoms with Gasteiger partial charge >= 0.3 is 0 Å². The average Bonchev–Trinajstić information content (AvgIpc) is 2.88. The minimum atomic E-state index is -3.90. The third-order valence-electron chi connectivity index (χ3n) is 2.81. The summed E-state index contributed by atoms with van der Waals surface area (Å²) in [5.74, 6) is 0. The lowest BCUT2D eigenvalue weighted by atomic mass is 10.2. The zero-order valence-corrected chi connectivity index (χ0v) is 15.7. The summed E-state index contributed by atoms with van der Waals surface area (Å²) in [5.41, 5.74) is 0.856. The molecule has 1 heterocycles. The van der Waals surface area contributed by atoms with E-state index in [4.69, 9.17) is 5.14 Å². The molecule has 6 nitrogen and oxygen atoms in total. The molecule has 0 unspecified atom stereocenters. The van der Waals surface area contributed by atoms with Gasteiger partial charge in [0, 0.05) is 6.54 Å². The summed E-state index contributed by atoms with van der Waals surface area (Å²) >= 11 is 0.650. The number of thiophene rings is 1. The van der Waals surface area contributed by atoms with Crippen LogP contribution in [0.4, 0.5) is 0 Å². The van der Waals surface area contributed by atoms with Crippen LogP contribution in [0.2, 0.25) is 0 Å². The Morgan fingerprint density at radius 1 is 1.04 bits per heavy atom. The van der Waals surface area contributed by atoms with E-state index in [9.17, 15) is 16.8 Å². The van der Waals surface area contributed by atoms with E-state index in [1.54, 1.807) is 12.1 Å². The topological polar surface area (TPSA) is 97.5 Å². The van der Waals surface area contributed by atoms with Crippen LogP contribution in [-0.4, -0.2) is 35.8 Å². The maximum absolute atomic E-state index is 12.6. The number of nitrogens with two attached hydrogens (primary N) is 1. The molecule has 0 bridgehead atoms. The van der Waals surface area contributed by atoms with Crippen molar-refractivity contribution in [1.29, 1.82) is 0 Å². The SMILES string of the molecule is CN(C)Cc1cccc(S(=O)(=O)c2ccc(S(N)(=O)=O)s2)c1.Cl. The molecule has 1 aromatic heterocycles. The molecule has 0 saturated heterocycles. The van der Waals surface area contributed by atoms with Gasteiger partial charge in [-0.25, -0.2) is 22.0 Å². The molecule has 2 N–H and O–H groups in total. The molecule has 0 fully saturated rings. The number of nitrogens with zero attached hydrogens (tertiary/aromatic N) is 1. The predicted molar refractivity (Wildman–Crippen MR) is 92.2 cm³/mol. The fraction of sp³-hybridized carbons (Fsp3) is 0.231. The smallest absolute Gasteiger partial charge is 0.247 e. The fourth-order valence-corrected chi connectivity index (χ4v) is 5.55. The molecule has 2 rings (SSSR count). The zero-order chi connectivity index (χ0) is 16.5. The van der Waals surface area contributed by atoms with E-state index in [1.165, 1.54) is 18.2 Å². The quantitative estimate of drug-likeness (QED) is 0.829. The third kappa shape index (κ3) is 4.75. The Balaban J connectivity index is 0.00000264. The van der Waals surface area contributed by atoms with Gasteiger partial charge in [-0.05, 0) is 43.9 Å². The Morgan fingerprint density at radius 3 is 2.17 bits per heavy atom. The van der Waals surface area contributed by atoms with Crippen LogP contribution in [0.3, 0.4) is 0 Å². The van der Waals surface area contributed by atoms with Crippen molar-refractivity contribution in [2.45, 2.75) is 19.9 Å². The minimum absolute atomic E-state index is 0. The van der Waals surface area contributed by atoms with E-state index in [0.29, 0.717) is 17.9 Å². The van der Waals surface area contributed by atoms with Gasteiger partial charge in [0.1, 0.15) is 8.42 Å². The van der Waals surface area contributed by atoms with Gasteiger partial charge in [0.15, 0.2) is 0 Å². The maximum Gasteiger partial charge on any atom is 0.247 e. The van der Waals surface area contributed by atoms with Crippen molar-refractivity contribution in [3.63, 3.8) is 0 Å². The Bertz CT molecular complexity index is 889. The lowest BCUT2D eigenvalue weighted by molar-refractivity contribution is 0.402. The van der Waals surface area contributed by atoms with E-state index in [1.807, 2.05) is 25.1 Å². The fourth-order valence-electron chi connectivity index (χ4n) is 1.89. The molecule has 10 heteroatoms. The molecule has 128 valence electrons. The number of halogens is 1. The first kappa shape index (κ1) is 20.1. The molecular formula is C13H17ClN2O4S3. The van der Waals surface area contributed by atoms with Crippen molar-refractivity contribution in [2.75, 3.05) is 14.1 Å². The van der Waals surface area contributed by atoms with E-state index >= 15 is 0 Å². The highest BCUT2D eigenvalue weighted by atomic mass is 35.5. The van der Waals surface area contributed by atoms with Gasteiger partial charge in [-0.15, -0.1) is 23.7 Å². The number of hydrogen-bond donors (Lipinski definition) is 1. The molecule has 0 atom stereocenters. The second kappa shape index (κ2) is 7.29. The van der Waals surface area contributed by atoms with Crippen LogP contribution in [0.25, 0.3) is 0 Å². The van der Waals surface area contributed by atoms with Crippen molar-refractivity contribution in [2.24, 2.45) is 5.14 Å². The number of benzene rings is 1. The second-order valence-corrected chi connectivity index (χ2v) is 10.1. The molecule has 0 amide bonds. The Morgan fingerprint density at radius 2 is 1.65 bits per heavy atom. The lowest BCUT2D eigenvalue weighted by Gasteiger charge is -2.10. The highest BCUT2D eigenvalue weighted by molar-refractivity contribution is 7.95. The molecular weight excluding hydrogens is 380 g/mol. The highest BCUT2D eigenvalue weighted by Gasteiger charge is 2.23. The van der Waals surface area contributed by atoms with E-state index in [0.717, 1.165) is 5.56 Å². The number of sulfonamides is 1. The molecule has 0 radical (unpaired) electrons. The van der Waals surface area contributed by atoms with Crippen molar-refractivity contribution in [1.82, 2.24) is 4.90 Å². The van der Waals surface area contributed by atoms with Gasteiger partial charge in [0.25, 0.3) is 0 Å². The van der Waals surface area contributed by atoms with Crippen LogP contribution < -0.4 is 5.14 Å². The van der Waals surface area contributed by atoms with Crippen LogP contribution >= 0.6 is 23.7 Å². The molecule has 0 saturated carbocycles. The largest absolute Gasteiger partial charge is 0.305 e. The van der Waals surface area contributed by atoms with Gasteiger partial charge in [-0.1, -0.05) is 12.1 Å². The standard InChI is InChI=1S/C13H16N2O4S3.ClH/c1-15(2)9-10-4-3-5-11(8-10)21(16,17)12-6-7-13(20-12)22(14,18)19;/h3-8H,9H2,1-2H3,(H2,14,18,19);1H. The molecule has 0 aliphatic heterocycles. The van der Waals surface area contributed by atoms with Crippen LogP contribution in [-0.2, 0) is 26.4 Å². The summed E-state index contributed by atoms with van der Waals surface area (Å²) in [6, 6.07) is 9.05. The summed E-state index contributed by atoms with van der Waals surface area (Å²) in [4.78, 5) is 2.06. The number of primary sulfonamides is 1. The Hall–Kier alpha value is -0.970. The van der Waals surface area contributed by atoms with Crippen LogP contribution in [0, 0.1) is 0 Å². The van der Waals surface area contributed by atoms with Crippen molar-refractivity contribution in [3.05, 3.63) is 42.0 Å². The van der Waals surface area contributed by atoms with E-state index in [-0.39, 0.29) is 25.7 Å². The maximum atomic E-state index is 12.6. The lowest BCUT2D eigenvalue weighted by Crippen LogP contribution is -2.11. The summed E-state index contributed by atoms with van der Waals surface area (Å²) in [6.07, 6.45) is 0. The summed E-state index contributed by atoms with van der Waals surface area (Å²) in [7, 11) is -3.88. The number of rotatable bonds is 5. The average molecular weight is 397 g/mol. The Kier molecular flexibility index (Phi) is 6.36. The van der Waals surface area contributed by atoms with Gasteiger partial charge < -0.3 is 4.90 Å². The van der Waals surface area contributed by atoms with Crippen LogP contribution in [0.15, 0.2) is 49.7 Å². The molecule has 0 aliphatic carbocycles. The minimum Gasteiger partial charge on any atom is -0.305 e. The van der Waals surface area contributed by atoms with Crippen LogP contribution in [0.1, 0.15) is 5.56 Å². The number of sulfone groups is 1. The third-order valence-corrected chi connectivity index (χ3v) is 7.58. The molecule has 1 aromatic carbocycles. The van der Waals surface area contributed by atoms with E-state index in [2.05, 4.69) is 0 Å². The van der Waals surface area contributed by atoms with Gasteiger partial charge in [0.2, 0.25) is 19.9 Å². The predicted octanol–water partition coefficient (Wildman–Crippen LogP) is 1.71. The monoisotopic (exact) mass is 396 g/mol. The first-order chi connectivity index (χ1) is 10.1. The molecule has 0 aliphatic rings. The van der Waals surface area contributed by atoms with Crippen molar-refractivity contribution < 1.29 is 16.8 Å². The van der Waals surface area contributed by atoms with Crippen molar-refractivity contribution in [3.8, 4) is 0 Å². The summed E-state index contributed by atoms with van der Waals surface area (Å²) < 4.78 is 47.5. The van der Waals surface area contributed by atoms with Gasteiger partial charge in [-0.3, -0.25) is 0 Å². The highest BCUT2D eigenvalue weighted by Crippen LogP contribution is 2.30. The summed E-state index contributed by atoms with van der Waals surface area (Å²) in [6.45, 7) is 0.607. The van der Waals surface area contributed by atoms with E-state index < -0.39 is 19.9 Å². The summed E-state index contributed by atoms with van der Waals surface area (Å²) in [5, 5.41) is 5.01. The first-order valence-corrected chi connectivity index (χ1v) is 10.1. The second-order valence-electron chi connectivity index (χ2n) is 5.01. The first-order valence-electron chi connectivity index (χ1n) is 6.22.